The number of piperazine rings is 1. The van der Waals surface area contributed by atoms with Crippen molar-refractivity contribution in [2.24, 2.45) is 0 Å². The second-order valence-corrected chi connectivity index (χ2v) is 4.57. The number of anilines is 1. The highest BCUT2D eigenvalue weighted by Crippen LogP contribution is 2.20. The molecule has 2 rings (SSSR count). The van der Waals surface area contributed by atoms with Crippen molar-refractivity contribution >= 4 is 23.4 Å². The molecule has 106 valence electrons. The fourth-order valence-corrected chi connectivity index (χ4v) is 2.33. The van der Waals surface area contributed by atoms with Gasteiger partial charge >= 0.3 is 0 Å². The van der Waals surface area contributed by atoms with Crippen LogP contribution in [0.15, 0.2) is 24.3 Å². The Labute approximate surface area is 117 Å². The monoisotopic (exact) mass is 275 g/mol. The Morgan fingerprint density at radius 3 is 2.75 bits per heavy atom. The third-order valence-electron chi connectivity index (χ3n) is 3.33. The van der Waals surface area contributed by atoms with Crippen molar-refractivity contribution in [3.63, 3.8) is 0 Å². The second kappa shape index (κ2) is 5.73. The summed E-state index contributed by atoms with van der Waals surface area (Å²) in [5.41, 5.74) is 1.13. The van der Waals surface area contributed by atoms with Gasteiger partial charge in [-0.3, -0.25) is 19.7 Å². The summed E-state index contributed by atoms with van der Waals surface area (Å²) in [4.78, 5) is 37.2. The minimum absolute atomic E-state index is 0.0961. The number of carbonyl (C=O) groups excluding carboxylic acids is 3. The number of para-hydroxylation sites is 1. The molecule has 1 aromatic rings. The van der Waals surface area contributed by atoms with E-state index >= 15 is 0 Å². The van der Waals surface area contributed by atoms with Gasteiger partial charge in [-0.05, 0) is 18.6 Å². The number of hydrogen-bond acceptors (Lipinski definition) is 4. The van der Waals surface area contributed by atoms with Crippen LogP contribution in [0.25, 0.3) is 0 Å². The third kappa shape index (κ3) is 2.49. The van der Waals surface area contributed by atoms with Gasteiger partial charge in [-0.1, -0.05) is 19.1 Å². The van der Waals surface area contributed by atoms with Gasteiger partial charge in [-0.15, -0.1) is 0 Å². The Balaban J connectivity index is 2.35. The van der Waals surface area contributed by atoms with E-state index in [9.17, 15) is 14.4 Å². The molecular weight excluding hydrogens is 258 g/mol. The average molecular weight is 275 g/mol. The van der Waals surface area contributed by atoms with Gasteiger partial charge in [-0.25, -0.2) is 0 Å². The zero-order valence-corrected chi connectivity index (χ0v) is 11.5. The minimum Gasteiger partial charge on any atom is -0.387 e. The molecule has 0 spiro atoms. The fraction of sp³-hybridized carbons (Fsp3) is 0.357. The van der Waals surface area contributed by atoms with Crippen LogP contribution < -0.4 is 10.6 Å². The standard InChI is InChI=1S/C14H17N3O3/c1-3-11-13(19)16-12(18)8-17(11)14(20)9-6-4-5-7-10(9)15-2/h4-7,11,15H,3,8H2,1-2H3,(H,16,18,19). The molecule has 1 heterocycles. The first-order valence-electron chi connectivity index (χ1n) is 6.50. The van der Waals surface area contributed by atoms with Gasteiger partial charge in [0.05, 0.1) is 5.56 Å². The van der Waals surface area contributed by atoms with Crippen molar-refractivity contribution in [3.05, 3.63) is 29.8 Å². The first-order valence-corrected chi connectivity index (χ1v) is 6.50. The van der Waals surface area contributed by atoms with Crippen molar-refractivity contribution in [3.8, 4) is 0 Å². The SMILES string of the molecule is CCC1C(=O)NC(=O)CN1C(=O)c1ccccc1NC. The molecule has 0 aromatic heterocycles. The summed E-state index contributed by atoms with van der Waals surface area (Å²) in [7, 11) is 1.72. The quantitative estimate of drug-likeness (QED) is 0.792. The first-order chi connectivity index (χ1) is 9.58. The molecule has 0 bridgehead atoms. The minimum atomic E-state index is -0.606. The number of imide groups is 1. The molecule has 1 atom stereocenters. The van der Waals surface area contributed by atoms with Crippen LogP contribution in [0.4, 0.5) is 5.69 Å². The van der Waals surface area contributed by atoms with Crippen LogP contribution in [0.2, 0.25) is 0 Å². The van der Waals surface area contributed by atoms with Gasteiger partial charge in [0.15, 0.2) is 0 Å². The molecule has 6 nitrogen and oxygen atoms in total. The summed E-state index contributed by atoms with van der Waals surface area (Å²) in [6, 6.07) is 6.41. The van der Waals surface area contributed by atoms with Crippen molar-refractivity contribution in [1.29, 1.82) is 0 Å². The van der Waals surface area contributed by atoms with E-state index in [-0.39, 0.29) is 12.5 Å². The summed E-state index contributed by atoms with van der Waals surface area (Å²) in [5.74, 6) is -1.18. The van der Waals surface area contributed by atoms with Crippen LogP contribution in [-0.4, -0.2) is 42.3 Å². The first kappa shape index (κ1) is 14.0. The lowest BCUT2D eigenvalue weighted by Crippen LogP contribution is -2.59. The van der Waals surface area contributed by atoms with Gasteiger partial charge in [0.2, 0.25) is 11.8 Å². The Kier molecular flexibility index (Phi) is 4.02. The summed E-state index contributed by atoms with van der Waals surface area (Å²) < 4.78 is 0. The van der Waals surface area contributed by atoms with Gasteiger partial charge in [0, 0.05) is 12.7 Å². The molecule has 1 fully saturated rings. The molecule has 3 amide bonds. The number of nitrogens with zero attached hydrogens (tertiary/aromatic N) is 1. The smallest absolute Gasteiger partial charge is 0.257 e. The highest BCUT2D eigenvalue weighted by molar-refractivity contribution is 6.08. The maximum absolute atomic E-state index is 12.6. The molecule has 1 aromatic carbocycles. The van der Waals surface area contributed by atoms with Crippen molar-refractivity contribution < 1.29 is 14.4 Å². The molecule has 1 unspecified atom stereocenters. The van der Waals surface area contributed by atoms with Crippen LogP contribution in [0.5, 0.6) is 0 Å². The number of nitrogens with one attached hydrogen (secondary N) is 2. The number of hydrogen-bond donors (Lipinski definition) is 2. The van der Waals surface area contributed by atoms with Gasteiger partial charge < -0.3 is 10.2 Å². The maximum Gasteiger partial charge on any atom is 0.257 e. The zero-order chi connectivity index (χ0) is 14.7. The number of carbonyl (C=O) groups is 3. The Morgan fingerprint density at radius 2 is 2.10 bits per heavy atom. The van der Waals surface area contributed by atoms with Gasteiger partial charge in [0.1, 0.15) is 12.6 Å². The predicted octanol–water partition coefficient (Wildman–Crippen LogP) is 0.605. The van der Waals surface area contributed by atoms with E-state index < -0.39 is 17.9 Å². The summed E-state index contributed by atoms with van der Waals surface area (Å²) >= 11 is 0. The molecule has 0 radical (unpaired) electrons. The Bertz CT molecular complexity index is 556. The third-order valence-corrected chi connectivity index (χ3v) is 3.33. The molecular formula is C14H17N3O3. The Morgan fingerprint density at radius 1 is 1.40 bits per heavy atom. The predicted molar refractivity (Wildman–Crippen MR) is 74.3 cm³/mol. The van der Waals surface area contributed by atoms with Gasteiger partial charge in [-0.2, -0.15) is 0 Å². The zero-order valence-electron chi connectivity index (χ0n) is 11.5. The van der Waals surface area contributed by atoms with E-state index in [0.717, 1.165) is 0 Å². The average Bonchev–Trinajstić information content (AvgIpc) is 2.45. The summed E-state index contributed by atoms with van der Waals surface area (Å²) in [5, 5.41) is 5.20. The summed E-state index contributed by atoms with van der Waals surface area (Å²) in [6.45, 7) is 1.71. The van der Waals surface area contributed by atoms with Crippen LogP contribution in [-0.2, 0) is 9.59 Å². The maximum atomic E-state index is 12.6. The molecule has 1 aliphatic rings. The topological polar surface area (TPSA) is 78.5 Å². The number of benzene rings is 1. The lowest BCUT2D eigenvalue weighted by Gasteiger charge is -2.33. The second-order valence-electron chi connectivity index (χ2n) is 4.57. The number of rotatable bonds is 3. The molecule has 1 saturated heterocycles. The fourth-order valence-electron chi connectivity index (χ4n) is 2.33. The van der Waals surface area contributed by atoms with Crippen LogP contribution in [0, 0.1) is 0 Å². The van der Waals surface area contributed by atoms with E-state index in [0.29, 0.717) is 17.7 Å². The van der Waals surface area contributed by atoms with E-state index in [1.807, 2.05) is 13.0 Å². The molecule has 0 aliphatic carbocycles. The largest absolute Gasteiger partial charge is 0.387 e. The Hall–Kier alpha value is -2.37. The molecule has 2 N–H and O–H groups in total. The van der Waals surface area contributed by atoms with E-state index in [4.69, 9.17) is 0 Å². The van der Waals surface area contributed by atoms with Crippen molar-refractivity contribution in [1.82, 2.24) is 10.2 Å². The van der Waals surface area contributed by atoms with Crippen LogP contribution in [0.1, 0.15) is 23.7 Å². The molecule has 0 saturated carbocycles. The van der Waals surface area contributed by atoms with Crippen molar-refractivity contribution in [2.75, 3.05) is 18.9 Å². The highest BCUT2D eigenvalue weighted by atomic mass is 16.2. The summed E-state index contributed by atoms with van der Waals surface area (Å²) in [6.07, 6.45) is 0.465. The highest BCUT2D eigenvalue weighted by Gasteiger charge is 2.36. The molecule has 20 heavy (non-hydrogen) atoms. The molecule has 1 aliphatic heterocycles. The van der Waals surface area contributed by atoms with E-state index in [1.165, 1.54) is 4.90 Å². The van der Waals surface area contributed by atoms with Gasteiger partial charge in [0.25, 0.3) is 5.91 Å². The lowest BCUT2D eigenvalue weighted by molar-refractivity contribution is -0.138. The van der Waals surface area contributed by atoms with E-state index in [2.05, 4.69) is 10.6 Å². The van der Waals surface area contributed by atoms with Crippen molar-refractivity contribution in [2.45, 2.75) is 19.4 Å². The van der Waals surface area contributed by atoms with Crippen LogP contribution >= 0.6 is 0 Å². The van der Waals surface area contributed by atoms with E-state index in [1.54, 1.807) is 25.2 Å². The lowest BCUT2D eigenvalue weighted by atomic mass is 10.1. The van der Waals surface area contributed by atoms with Crippen LogP contribution in [0.3, 0.4) is 0 Å². The number of amides is 3. The normalized spacial score (nSPS) is 18.7. The molecule has 6 heteroatoms.